The van der Waals surface area contributed by atoms with Crippen molar-refractivity contribution in [1.29, 1.82) is 0 Å². The molecule has 0 radical (unpaired) electrons. The number of rotatable bonds is 4. The lowest BCUT2D eigenvalue weighted by Crippen LogP contribution is -2.44. The summed E-state index contributed by atoms with van der Waals surface area (Å²) < 4.78 is 0. The number of aliphatic carboxylic acids is 1. The van der Waals surface area contributed by atoms with Crippen LogP contribution in [-0.2, 0) is 16.0 Å². The molecule has 2 rings (SSSR count). The lowest BCUT2D eigenvalue weighted by molar-refractivity contribution is -0.148. The van der Waals surface area contributed by atoms with Gasteiger partial charge >= 0.3 is 5.97 Å². The maximum absolute atomic E-state index is 11.6. The van der Waals surface area contributed by atoms with Gasteiger partial charge in [0.25, 0.3) is 0 Å². The first kappa shape index (κ1) is 12.5. The molecule has 1 amide bonds. The molecule has 2 unspecified atom stereocenters. The Hall–Kier alpha value is -1.95. The van der Waals surface area contributed by atoms with Crippen LogP contribution < -0.4 is 0 Å². The third-order valence-electron chi connectivity index (χ3n) is 2.98. The fourth-order valence-corrected chi connectivity index (χ4v) is 2.09. The summed E-state index contributed by atoms with van der Waals surface area (Å²) in [6.45, 7) is 0.0842. The number of aliphatic hydroxyl groups excluding tert-OH is 1. The van der Waals surface area contributed by atoms with Crippen molar-refractivity contribution in [3.8, 4) is 0 Å². The molecular formula is C12H14N2O4. The molecule has 0 bridgehead atoms. The largest absolute Gasteiger partial charge is 0.480 e. The summed E-state index contributed by atoms with van der Waals surface area (Å²) in [6.07, 6.45) is 2.61. The van der Waals surface area contributed by atoms with Gasteiger partial charge in [-0.1, -0.05) is 0 Å². The molecule has 96 valence electrons. The molecule has 1 aliphatic heterocycles. The SMILES string of the molecule is O=C(O)C(Cc1ccncc1)N1CC(O)CC1=O. The second-order valence-electron chi connectivity index (χ2n) is 4.32. The minimum Gasteiger partial charge on any atom is -0.480 e. The van der Waals surface area contributed by atoms with Crippen LogP contribution in [0.25, 0.3) is 0 Å². The second-order valence-corrected chi connectivity index (χ2v) is 4.32. The molecule has 6 nitrogen and oxygen atoms in total. The van der Waals surface area contributed by atoms with Gasteiger partial charge in [0.1, 0.15) is 6.04 Å². The number of aromatic nitrogens is 1. The number of carbonyl (C=O) groups excluding carboxylic acids is 1. The maximum atomic E-state index is 11.6. The van der Waals surface area contributed by atoms with Crippen LogP contribution in [-0.4, -0.2) is 50.7 Å². The third kappa shape index (κ3) is 2.65. The van der Waals surface area contributed by atoms with E-state index in [4.69, 9.17) is 0 Å². The van der Waals surface area contributed by atoms with Crippen molar-refractivity contribution in [2.45, 2.75) is 25.0 Å². The first-order valence-electron chi connectivity index (χ1n) is 5.67. The van der Waals surface area contributed by atoms with Crippen molar-refractivity contribution in [1.82, 2.24) is 9.88 Å². The molecule has 2 heterocycles. The molecule has 0 saturated carbocycles. The van der Waals surface area contributed by atoms with Gasteiger partial charge in [-0.3, -0.25) is 9.78 Å². The van der Waals surface area contributed by atoms with Crippen molar-refractivity contribution >= 4 is 11.9 Å². The number of nitrogens with zero attached hydrogens (tertiary/aromatic N) is 2. The van der Waals surface area contributed by atoms with Crippen LogP contribution >= 0.6 is 0 Å². The summed E-state index contributed by atoms with van der Waals surface area (Å²) >= 11 is 0. The van der Waals surface area contributed by atoms with Gasteiger partial charge in [-0.2, -0.15) is 0 Å². The smallest absolute Gasteiger partial charge is 0.326 e. The van der Waals surface area contributed by atoms with Crippen LogP contribution in [0.2, 0.25) is 0 Å². The summed E-state index contributed by atoms with van der Waals surface area (Å²) in [7, 11) is 0. The van der Waals surface area contributed by atoms with E-state index in [0.717, 1.165) is 5.56 Å². The highest BCUT2D eigenvalue weighted by molar-refractivity contribution is 5.85. The number of β-amino-alcohol motifs (C(OH)–C–C–N with tert-alkyl or cyclic N) is 1. The number of pyridine rings is 1. The summed E-state index contributed by atoms with van der Waals surface area (Å²) in [5, 5.41) is 18.6. The van der Waals surface area contributed by atoms with E-state index in [1.807, 2.05) is 0 Å². The van der Waals surface area contributed by atoms with E-state index < -0.39 is 18.1 Å². The molecule has 0 aliphatic carbocycles. The Morgan fingerprint density at radius 1 is 1.50 bits per heavy atom. The molecule has 2 N–H and O–H groups in total. The van der Waals surface area contributed by atoms with Gasteiger partial charge in [-0.25, -0.2) is 4.79 Å². The number of carboxylic acid groups (broad SMARTS) is 1. The zero-order valence-electron chi connectivity index (χ0n) is 9.69. The van der Waals surface area contributed by atoms with Crippen molar-refractivity contribution < 1.29 is 19.8 Å². The monoisotopic (exact) mass is 250 g/mol. The van der Waals surface area contributed by atoms with Gasteiger partial charge in [-0.15, -0.1) is 0 Å². The number of hydrogen-bond donors (Lipinski definition) is 2. The standard InChI is InChI=1S/C12H14N2O4/c15-9-6-11(16)14(7-9)10(12(17)18)5-8-1-3-13-4-2-8/h1-4,9-10,15H,5-7H2,(H,17,18). The first-order chi connectivity index (χ1) is 8.58. The van der Waals surface area contributed by atoms with E-state index in [0.29, 0.717) is 0 Å². The Kier molecular flexibility index (Phi) is 3.57. The molecule has 1 aromatic rings. The lowest BCUT2D eigenvalue weighted by Gasteiger charge is -2.24. The quantitative estimate of drug-likeness (QED) is 0.763. The van der Waals surface area contributed by atoms with Crippen LogP contribution in [0, 0.1) is 0 Å². The first-order valence-corrected chi connectivity index (χ1v) is 5.67. The minimum atomic E-state index is -1.06. The molecule has 1 aromatic heterocycles. The number of carboxylic acids is 1. The molecule has 1 fully saturated rings. The van der Waals surface area contributed by atoms with Gasteiger partial charge in [0.05, 0.1) is 12.5 Å². The topological polar surface area (TPSA) is 90.7 Å². The predicted octanol–water partition coefficient (Wildman–Crippen LogP) is -0.330. The Morgan fingerprint density at radius 2 is 2.17 bits per heavy atom. The zero-order chi connectivity index (χ0) is 13.1. The lowest BCUT2D eigenvalue weighted by atomic mass is 10.1. The van der Waals surface area contributed by atoms with E-state index in [2.05, 4.69) is 4.98 Å². The molecular weight excluding hydrogens is 236 g/mol. The van der Waals surface area contributed by atoms with Gasteiger partial charge in [-0.05, 0) is 17.7 Å². The van der Waals surface area contributed by atoms with E-state index in [9.17, 15) is 19.8 Å². The fraction of sp³-hybridized carbons (Fsp3) is 0.417. The van der Waals surface area contributed by atoms with E-state index in [-0.39, 0.29) is 25.3 Å². The van der Waals surface area contributed by atoms with Gasteiger partial charge in [0.2, 0.25) is 5.91 Å². The fourth-order valence-electron chi connectivity index (χ4n) is 2.09. The molecule has 2 atom stereocenters. The molecule has 1 saturated heterocycles. The van der Waals surface area contributed by atoms with Crippen molar-refractivity contribution in [2.24, 2.45) is 0 Å². The Labute approximate surface area is 104 Å². The molecule has 1 aliphatic rings. The number of carbonyl (C=O) groups is 2. The van der Waals surface area contributed by atoms with E-state index in [1.165, 1.54) is 4.90 Å². The van der Waals surface area contributed by atoms with Crippen LogP contribution in [0.4, 0.5) is 0 Å². The Morgan fingerprint density at radius 3 is 2.67 bits per heavy atom. The normalized spacial score (nSPS) is 21.1. The average molecular weight is 250 g/mol. The molecule has 6 heteroatoms. The van der Waals surface area contributed by atoms with Crippen LogP contribution in [0.3, 0.4) is 0 Å². The second kappa shape index (κ2) is 5.14. The number of likely N-dealkylation sites (tertiary alicyclic amines) is 1. The predicted molar refractivity (Wildman–Crippen MR) is 61.7 cm³/mol. The van der Waals surface area contributed by atoms with E-state index >= 15 is 0 Å². The summed E-state index contributed by atoms with van der Waals surface area (Å²) in [5.74, 6) is -1.38. The Balaban J connectivity index is 2.14. The maximum Gasteiger partial charge on any atom is 0.326 e. The summed E-state index contributed by atoms with van der Waals surface area (Å²) in [5.41, 5.74) is 0.798. The average Bonchev–Trinajstić information content (AvgIpc) is 2.66. The van der Waals surface area contributed by atoms with Gasteiger partial charge in [0, 0.05) is 25.4 Å². The Bertz CT molecular complexity index is 449. The number of hydrogen-bond acceptors (Lipinski definition) is 4. The van der Waals surface area contributed by atoms with Gasteiger partial charge < -0.3 is 15.1 Å². The van der Waals surface area contributed by atoms with Crippen LogP contribution in [0.1, 0.15) is 12.0 Å². The highest BCUT2D eigenvalue weighted by Gasteiger charge is 2.36. The summed E-state index contributed by atoms with van der Waals surface area (Å²) in [4.78, 5) is 27.9. The summed E-state index contributed by atoms with van der Waals surface area (Å²) in [6, 6.07) is 2.50. The third-order valence-corrected chi connectivity index (χ3v) is 2.98. The van der Waals surface area contributed by atoms with Crippen molar-refractivity contribution in [2.75, 3.05) is 6.54 Å². The zero-order valence-corrected chi connectivity index (χ0v) is 9.69. The van der Waals surface area contributed by atoms with E-state index in [1.54, 1.807) is 24.5 Å². The molecule has 0 aromatic carbocycles. The molecule has 0 spiro atoms. The van der Waals surface area contributed by atoms with Crippen LogP contribution in [0.5, 0.6) is 0 Å². The van der Waals surface area contributed by atoms with Crippen molar-refractivity contribution in [3.05, 3.63) is 30.1 Å². The number of aliphatic hydroxyl groups is 1. The molecule has 18 heavy (non-hydrogen) atoms. The highest BCUT2D eigenvalue weighted by atomic mass is 16.4. The highest BCUT2D eigenvalue weighted by Crippen LogP contribution is 2.17. The number of amides is 1. The van der Waals surface area contributed by atoms with Gasteiger partial charge in [0.15, 0.2) is 0 Å². The van der Waals surface area contributed by atoms with Crippen LogP contribution in [0.15, 0.2) is 24.5 Å². The van der Waals surface area contributed by atoms with Crippen molar-refractivity contribution in [3.63, 3.8) is 0 Å². The minimum absolute atomic E-state index is 0.000124.